The molecule has 1 aromatic heterocycles. The van der Waals surface area contributed by atoms with Crippen molar-refractivity contribution in [3.63, 3.8) is 0 Å². The molecular formula is C21H22N2O3S. The van der Waals surface area contributed by atoms with Crippen LogP contribution in [0, 0.1) is 0 Å². The Hall–Kier alpha value is -2.73. The summed E-state index contributed by atoms with van der Waals surface area (Å²) >= 11 is 1.41. The summed E-state index contributed by atoms with van der Waals surface area (Å²) in [6, 6.07) is 15.0. The van der Waals surface area contributed by atoms with Crippen molar-refractivity contribution in [3.8, 4) is 0 Å². The van der Waals surface area contributed by atoms with Crippen molar-refractivity contribution in [1.29, 1.82) is 0 Å². The third kappa shape index (κ3) is 4.34. The van der Waals surface area contributed by atoms with Gasteiger partial charge in [-0.15, -0.1) is 0 Å². The average molecular weight is 382 g/mol. The van der Waals surface area contributed by atoms with E-state index in [1.807, 2.05) is 18.2 Å². The van der Waals surface area contributed by atoms with Gasteiger partial charge in [0.15, 0.2) is 4.80 Å². The van der Waals surface area contributed by atoms with Crippen LogP contribution in [0.25, 0.3) is 10.2 Å². The Bertz CT molecular complexity index is 1030. The third-order valence-corrected chi connectivity index (χ3v) is 5.23. The maximum Gasteiger partial charge on any atom is 0.326 e. The van der Waals surface area contributed by atoms with Crippen LogP contribution in [0.3, 0.4) is 0 Å². The van der Waals surface area contributed by atoms with Crippen LogP contribution in [-0.4, -0.2) is 23.1 Å². The molecule has 0 saturated carbocycles. The molecule has 1 amide bonds. The van der Waals surface area contributed by atoms with Crippen LogP contribution < -0.4 is 4.80 Å². The molecule has 0 fully saturated rings. The molecule has 6 heteroatoms. The van der Waals surface area contributed by atoms with E-state index in [1.165, 1.54) is 16.9 Å². The maximum absolute atomic E-state index is 12.5. The topological polar surface area (TPSA) is 60.7 Å². The van der Waals surface area contributed by atoms with Crippen LogP contribution in [0.2, 0.25) is 0 Å². The Labute approximate surface area is 161 Å². The van der Waals surface area contributed by atoms with Crippen molar-refractivity contribution < 1.29 is 14.3 Å². The summed E-state index contributed by atoms with van der Waals surface area (Å²) in [5.41, 5.74) is 2.59. The predicted molar refractivity (Wildman–Crippen MR) is 107 cm³/mol. The standard InChI is InChI=1S/C21H22N2O3S/c1-4-26-19(24)13-23-17-11-10-16(14(2)3)12-18(17)27-21(23)22-20(25)15-8-6-5-7-9-15/h5-12,14H,4,13H2,1-3H3. The number of benzene rings is 2. The lowest BCUT2D eigenvalue weighted by Gasteiger charge is -2.07. The lowest BCUT2D eigenvalue weighted by Crippen LogP contribution is -2.23. The van der Waals surface area contributed by atoms with E-state index in [2.05, 4.69) is 24.9 Å². The number of rotatable bonds is 5. The largest absolute Gasteiger partial charge is 0.465 e. The van der Waals surface area contributed by atoms with Crippen molar-refractivity contribution in [1.82, 2.24) is 4.57 Å². The van der Waals surface area contributed by atoms with E-state index in [4.69, 9.17) is 4.74 Å². The number of hydrogen-bond acceptors (Lipinski definition) is 4. The second kappa shape index (κ2) is 8.31. The van der Waals surface area contributed by atoms with Crippen molar-refractivity contribution >= 4 is 33.4 Å². The van der Waals surface area contributed by atoms with Gasteiger partial charge in [0.05, 0.1) is 16.8 Å². The van der Waals surface area contributed by atoms with Crippen LogP contribution in [0.15, 0.2) is 53.5 Å². The Balaban J connectivity index is 2.12. The Kier molecular flexibility index (Phi) is 5.86. The quantitative estimate of drug-likeness (QED) is 0.624. The number of esters is 1. The molecule has 0 unspecified atom stereocenters. The number of amides is 1. The number of fused-ring (bicyclic) bond motifs is 1. The first kappa shape index (κ1) is 19.0. The molecule has 1 heterocycles. The maximum atomic E-state index is 12.5. The van der Waals surface area contributed by atoms with E-state index in [0.717, 1.165) is 10.2 Å². The van der Waals surface area contributed by atoms with Gasteiger partial charge in [0.1, 0.15) is 6.54 Å². The summed E-state index contributed by atoms with van der Waals surface area (Å²) in [7, 11) is 0. The molecule has 0 spiro atoms. The summed E-state index contributed by atoms with van der Waals surface area (Å²) in [6.07, 6.45) is 0. The number of carbonyl (C=O) groups excluding carboxylic acids is 2. The van der Waals surface area contributed by atoms with Gasteiger partial charge < -0.3 is 9.30 Å². The Morgan fingerprint density at radius 3 is 2.56 bits per heavy atom. The van der Waals surface area contributed by atoms with Gasteiger partial charge in [0.2, 0.25) is 0 Å². The fourth-order valence-corrected chi connectivity index (χ4v) is 3.83. The number of thiazole rings is 1. The fraction of sp³-hybridized carbons (Fsp3) is 0.286. The predicted octanol–water partition coefficient (Wildman–Crippen LogP) is 4.13. The first-order valence-electron chi connectivity index (χ1n) is 8.92. The molecule has 0 saturated heterocycles. The number of aromatic nitrogens is 1. The first-order chi connectivity index (χ1) is 13.0. The van der Waals surface area contributed by atoms with E-state index in [9.17, 15) is 9.59 Å². The molecular weight excluding hydrogens is 360 g/mol. The van der Waals surface area contributed by atoms with Crippen LogP contribution >= 0.6 is 11.3 Å². The molecule has 0 bridgehead atoms. The van der Waals surface area contributed by atoms with E-state index in [1.54, 1.807) is 35.8 Å². The zero-order valence-corrected chi connectivity index (χ0v) is 16.5. The van der Waals surface area contributed by atoms with Crippen molar-refractivity contribution in [2.24, 2.45) is 4.99 Å². The minimum absolute atomic E-state index is 0.0236. The summed E-state index contributed by atoms with van der Waals surface area (Å²) in [5, 5.41) is 0. The first-order valence-corrected chi connectivity index (χ1v) is 9.74. The molecule has 5 nitrogen and oxygen atoms in total. The van der Waals surface area contributed by atoms with Gasteiger partial charge in [-0.1, -0.05) is 49.4 Å². The molecule has 0 atom stereocenters. The van der Waals surface area contributed by atoms with Crippen LogP contribution in [0.4, 0.5) is 0 Å². The van der Waals surface area contributed by atoms with Crippen molar-refractivity contribution in [2.75, 3.05) is 6.61 Å². The monoisotopic (exact) mass is 382 g/mol. The zero-order valence-electron chi connectivity index (χ0n) is 15.6. The molecule has 2 aromatic carbocycles. The Morgan fingerprint density at radius 1 is 1.15 bits per heavy atom. The van der Waals surface area contributed by atoms with Gasteiger partial charge in [-0.2, -0.15) is 4.99 Å². The van der Waals surface area contributed by atoms with Crippen LogP contribution in [0.1, 0.15) is 42.6 Å². The molecule has 0 N–H and O–H groups in total. The molecule has 0 aliphatic carbocycles. The highest BCUT2D eigenvalue weighted by atomic mass is 32.1. The number of nitrogens with zero attached hydrogens (tertiary/aromatic N) is 2. The third-order valence-electron chi connectivity index (χ3n) is 4.18. The van der Waals surface area contributed by atoms with E-state index < -0.39 is 0 Å². The highest BCUT2D eigenvalue weighted by molar-refractivity contribution is 7.16. The van der Waals surface area contributed by atoms with Crippen molar-refractivity contribution in [2.45, 2.75) is 33.2 Å². The Morgan fingerprint density at radius 2 is 1.89 bits per heavy atom. The van der Waals surface area contributed by atoms with Gasteiger partial charge in [0, 0.05) is 5.56 Å². The molecule has 0 radical (unpaired) electrons. The van der Waals surface area contributed by atoms with Gasteiger partial charge in [-0.25, -0.2) is 0 Å². The molecule has 27 heavy (non-hydrogen) atoms. The second-order valence-corrected chi connectivity index (χ2v) is 7.45. The van der Waals surface area contributed by atoms with Gasteiger partial charge in [-0.05, 0) is 42.7 Å². The van der Waals surface area contributed by atoms with E-state index in [0.29, 0.717) is 22.9 Å². The molecule has 0 aliphatic rings. The van der Waals surface area contributed by atoms with Crippen LogP contribution in [0.5, 0.6) is 0 Å². The second-order valence-electron chi connectivity index (χ2n) is 6.44. The molecule has 140 valence electrons. The van der Waals surface area contributed by atoms with E-state index >= 15 is 0 Å². The minimum atomic E-state index is -0.348. The fourth-order valence-electron chi connectivity index (χ4n) is 2.75. The van der Waals surface area contributed by atoms with E-state index in [-0.39, 0.29) is 18.4 Å². The summed E-state index contributed by atoms with van der Waals surface area (Å²) in [5.74, 6) is -0.288. The SMILES string of the molecule is CCOC(=O)Cn1c(=NC(=O)c2ccccc2)sc2cc(C(C)C)ccc21. The van der Waals surface area contributed by atoms with Gasteiger partial charge >= 0.3 is 5.97 Å². The highest BCUT2D eigenvalue weighted by Gasteiger charge is 2.14. The zero-order chi connectivity index (χ0) is 19.4. The summed E-state index contributed by atoms with van der Waals surface area (Å²) in [6.45, 7) is 6.37. The summed E-state index contributed by atoms with van der Waals surface area (Å²) < 4.78 is 7.83. The smallest absolute Gasteiger partial charge is 0.326 e. The number of hydrogen-bond donors (Lipinski definition) is 0. The summed E-state index contributed by atoms with van der Waals surface area (Å²) in [4.78, 5) is 29.4. The normalized spacial score (nSPS) is 11.9. The van der Waals surface area contributed by atoms with Gasteiger partial charge in [-0.3, -0.25) is 9.59 Å². The lowest BCUT2D eigenvalue weighted by atomic mass is 10.0. The number of carbonyl (C=O) groups is 2. The lowest BCUT2D eigenvalue weighted by molar-refractivity contribution is -0.143. The molecule has 0 aliphatic heterocycles. The molecule has 3 aromatic rings. The minimum Gasteiger partial charge on any atom is -0.465 e. The van der Waals surface area contributed by atoms with Gasteiger partial charge in [0.25, 0.3) is 5.91 Å². The average Bonchev–Trinajstić information content (AvgIpc) is 2.99. The number of ether oxygens (including phenoxy) is 1. The molecule has 3 rings (SSSR count). The van der Waals surface area contributed by atoms with Crippen LogP contribution in [-0.2, 0) is 16.1 Å². The highest BCUT2D eigenvalue weighted by Crippen LogP contribution is 2.23. The van der Waals surface area contributed by atoms with Crippen molar-refractivity contribution in [3.05, 3.63) is 64.5 Å².